The highest BCUT2D eigenvalue weighted by Gasteiger charge is 2.36. The molecule has 4 heterocycles. The summed E-state index contributed by atoms with van der Waals surface area (Å²) in [5.74, 6) is 2.24. The summed E-state index contributed by atoms with van der Waals surface area (Å²) < 4.78 is 47.0. The van der Waals surface area contributed by atoms with Crippen molar-refractivity contribution < 1.29 is 17.9 Å². The Hall–Kier alpha value is -4.55. The Bertz CT molecular complexity index is 1750. The number of nitrogens with one attached hydrogen (secondary N) is 1. The second kappa shape index (κ2) is 10.1. The van der Waals surface area contributed by atoms with E-state index in [9.17, 15) is 13.2 Å². The number of hydrogen-bond acceptors (Lipinski definition) is 8. The van der Waals surface area contributed by atoms with Gasteiger partial charge in [-0.25, -0.2) is 29.9 Å². The molecule has 0 amide bonds. The minimum atomic E-state index is -4.50. The van der Waals surface area contributed by atoms with Crippen LogP contribution in [0.2, 0.25) is 0 Å². The number of rotatable bonds is 9. The van der Waals surface area contributed by atoms with Gasteiger partial charge in [-0.1, -0.05) is 24.3 Å². The molecule has 0 unspecified atom stereocenters. The van der Waals surface area contributed by atoms with Crippen molar-refractivity contribution in [3.8, 4) is 28.7 Å². The van der Waals surface area contributed by atoms with Gasteiger partial charge >= 0.3 is 6.18 Å². The number of ether oxygens (including phenoxy) is 1. The molecule has 0 aliphatic heterocycles. The number of aryl methyl sites for hydroxylation is 1. The van der Waals surface area contributed by atoms with Gasteiger partial charge in [-0.15, -0.1) is 0 Å². The Morgan fingerprint density at radius 1 is 1.02 bits per heavy atom. The van der Waals surface area contributed by atoms with E-state index in [1.807, 2.05) is 24.3 Å². The van der Waals surface area contributed by atoms with Crippen LogP contribution in [0.1, 0.15) is 55.5 Å². The Balaban J connectivity index is 1.25. The van der Waals surface area contributed by atoms with Gasteiger partial charge in [-0.05, 0) is 38.2 Å². The molecule has 216 valence electrons. The number of fused-ring (bicyclic) bond motifs is 1. The number of anilines is 1. The van der Waals surface area contributed by atoms with Crippen LogP contribution in [0.4, 0.5) is 19.0 Å². The van der Waals surface area contributed by atoms with E-state index in [2.05, 4.69) is 29.8 Å². The van der Waals surface area contributed by atoms with E-state index in [1.54, 1.807) is 20.4 Å². The van der Waals surface area contributed by atoms with Gasteiger partial charge in [0.2, 0.25) is 5.88 Å². The standard InChI is InChI=1S/C29H28F3N9O/c1-3-40-13-20(29(30,31)32)37-26(40)18-6-4-16(5-7-18)12-41(19-10-11-19)27-23-25(35-14-34-23)38-24(39-27)21-22(17-8-9-17)33-15-36-28(21)42-2/h4-7,13-15,17,19H,3,8-12H2,1-2H3,(H,34,35,38,39). The summed E-state index contributed by atoms with van der Waals surface area (Å²) in [5, 5.41) is 0. The number of benzene rings is 1. The molecule has 4 aromatic heterocycles. The number of aromatic nitrogens is 8. The summed E-state index contributed by atoms with van der Waals surface area (Å²) in [4.78, 5) is 32.5. The Morgan fingerprint density at radius 3 is 2.48 bits per heavy atom. The molecule has 7 rings (SSSR count). The van der Waals surface area contributed by atoms with Crippen molar-refractivity contribution in [2.45, 2.75) is 63.8 Å². The smallest absolute Gasteiger partial charge is 0.434 e. The number of alkyl halides is 3. The van der Waals surface area contributed by atoms with Crippen molar-refractivity contribution in [1.29, 1.82) is 0 Å². The second-order valence-corrected chi connectivity index (χ2v) is 10.7. The molecule has 10 nitrogen and oxygen atoms in total. The lowest BCUT2D eigenvalue weighted by atomic mass is 10.1. The minimum absolute atomic E-state index is 0.282. The molecule has 1 aromatic carbocycles. The minimum Gasteiger partial charge on any atom is -0.480 e. The second-order valence-electron chi connectivity index (χ2n) is 10.7. The van der Waals surface area contributed by atoms with Crippen LogP contribution in [0.15, 0.2) is 43.1 Å². The Kier molecular flexibility index (Phi) is 6.32. The SMILES string of the molecule is CCn1cc(C(F)(F)F)nc1-c1ccc(CN(c2nc(-c3c(OC)ncnc3C3CC3)nc3nc[nH]c23)C2CC2)cc1. The van der Waals surface area contributed by atoms with Crippen LogP contribution in [0.5, 0.6) is 5.88 Å². The Morgan fingerprint density at radius 2 is 1.81 bits per heavy atom. The van der Waals surface area contributed by atoms with E-state index in [-0.39, 0.29) is 6.04 Å². The highest BCUT2D eigenvalue weighted by atomic mass is 19.4. The quantitative estimate of drug-likeness (QED) is 0.236. The first kappa shape index (κ1) is 26.4. The van der Waals surface area contributed by atoms with Gasteiger partial charge in [0.1, 0.15) is 23.2 Å². The third-order valence-electron chi connectivity index (χ3n) is 7.72. The summed E-state index contributed by atoms with van der Waals surface area (Å²) in [5.41, 5.74) is 3.57. The summed E-state index contributed by atoms with van der Waals surface area (Å²) in [7, 11) is 1.58. The van der Waals surface area contributed by atoms with Crippen molar-refractivity contribution in [2.24, 2.45) is 0 Å². The van der Waals surface area contributed by atoms with Crippen LogP contribution < -0.4 is 9.64 Å². The van der Waals surface area contributed by atoms with Crippen LogP contribution in [-0.4, -0.2) is 52.6 Å². The molecule has 0 atom stereocenters. The molecular formula is C29H28F3N9O. The lowest BCUT2D eigenvalue weighted by Gasteiger charge is -2.25. The van der Waals surface area contributed by atoms with Crippen LogP contribution >= 0.6 is 0 Å². The predicted molar refractivity (Wildman–Crippen MR) is 149 cm³/mol. The largest absolute Gasteiger partial charge is 0.480 e. The summed E-state index contributed by atoms with van der Waals surface area (Å²) in [6, 6.07) is 7.78. The van der Waals surface area contributed by atoms with Crippen LogP contribution in [-0.2, 0) is 19.3 Å². The maximum Gasteiger partial charge on any atom is 0.434 e. The number of methoxy groups -OCH3 is 1. The van der Waals surface area contributed by atoms with Crippen LogP contribution in [0.25, 0.3) is 33.9 Å². The molecule has 2 aliphatic carbocycles. The van der Waals surface area contributed by atoms with Crippen molar-refractivity contribution in [3.05, 3.63) is 60.1 Å². The van der Waals surface area contributed by atoms with Gasteiger partial charge in [0.25, 0.3) is 0 Å². The molecule has 0 saturated heterocycles. The molecule has 1 N–H and O–H groups in total. The van der Waals surface area contributed by atoms with Crippen molar-refractivity contribution in [1.82, 2.24) is 39.5 Å². The third-order valence-corrected chi connectivity index (χ3v) is 7.72. The monoisotopic (exact) mass is 575 g/mol. The van der Waals surface area contributed by atoms with Crippen LogP contribution in [0, 0.1) is 0 Å². The number of imidazole rings is 2. The van der Waals surface area contributed by atoms with Crippen molar-refractivity contribution in [3.63, 3.8) is 0 Å². The first-order valence-electron chi connectivity index (χ1n) is 13.9. The number of nitrogens with zero attached hydrogens (tertiary/aromatic N) is 8. The lowest BCUT2D eigenvalue weighted by molar-refractivity contribution is -0.140. The summed E-state index contributed by atoms with van der Waals surface area (Å²) in [6.07, 6.45) is 3.82. The van der Waals surface area contributed by atoms with Crippen molar-refractivity contribution in [2.75, 3.05) is 12.0 Å². The van der Waals surface area contributed by atoms with Gasteiger partial charge < -0.3 is 19.2 Å². The number of hydrogen-bond donors (Lipinski definition) is 1. The molecule has 0 bridgehead atoms. The Labute approximate surface area is 239 Å². The molecule has 5 aromatic rings. The van der Waals surface area contributed by atoms with Gasteiger partial charge in [0.15, 0.2) is 23.0 Å². The topological polar surface area (TPSA) is 111 Å². The van der Waals surface area contributed by atoms with E-state index in [0.717, 1.165) is 54.5 Å². The van der Waals surface area contributed by atoms with Gasteiger partial charge in [0.05, 0.1) is 19.1 Å². The van der Waals surface area contributed by atoms with Gasteiger partial charge in [-0.3, -0.25) is 0 Å². The lowest BCUT2D eigenvalue weighted by Crippen LogP contribution is -2.26. The molecule has 42 heavy (non-hydrogen) atoms. The van der Waals surface area contributed by atoms with E-state index in [4.69, 9.17) is 14.7 Å². The highest BCUT2D eigenvalue weighted by molar-refractivity contribution is 5.86. The fraction of sp³-hybridized carbons (Fsp3) is 0.379. The maximum absolute atomic E-state index is 13.3. The van der Waals surface area contributed by atoms with E-state index in [0.29, 0.717) is 53.3 Å². The fourth-order valence-electron chi connectivity index (χ4n) is 5.29. The summed E-state index contributed by atoms with van der Waals surface area (Å²) in [6.45, 7) is 2.72. The molecule has 0 spiro atoms. The van der Waals surface area contributed by atoms with Crippen molar-refractivity contribution >= 4 is 17.0 Å². The molecule has 2 aliphatic rings. The number of aromatic amines is 1. The van der Waals surface area contributed by atoms with Gasteiger partial charge in [0, 0.05) is 36.8 Å². The van der Waals surface area contributed by atoms with E-state index >= 15 is 0 Å². The zero-order valence-electron chi connectivity index (χ0n) is 23.1. The molecule has 13 heteroatoms. The molecular weight excluding hydrogens is 547 g/mol. The molecule has 2 saturated carbocycles. The number of H-pyrrole nitrogens is 1. The average molecular weight is 576 g/mol. The zero-order chi connectivity index (χ0) is 29.0. The maximum atomic E-state index is 13.3. The molecule has 0 radical (unpaired) electrons. The molecule has 2 fully saturated rings. The first-order valence-corrected chi connectivity index (χ1v) is 13.9. The zero-order valence-corrected chi connectivity index (χ0v) is 23.1. The average Bonchev–Trinajstić information content (AvgIpc) is 3.92. The normalized spacial score (nSPS) is 15.4. The van der Waals surface area contributed by atoms with Gasteiger partial charge in [-0.2, -0.15) is 13.2 Å². The first-order chi connectivity index (χ1) is 20.3. The predicted octanol–water partition coefficient (Wildman–Crippen LogP) is 5.77. The highest BCUT2D eigenvalue weighted by Crippen LogP contribution is 2.45. The van der Waals surface area contributed by atoms with E-state index in [1.165, 1.54) is 10.9 Å². The fourth-order valence-corrected chi connectivity index (χ4v) is 5.29. The van der Waals surface area contributed by atoms with E-state index < -0.39 is 11.9 Å². The van der Waals surface area contributed by atoms with Crippen LogP contribution in [0.3, 0.4) is 0 Å². The third kappa shape index (κ3) is 4.82. The number of halogens is 3. The summed E-state index contributed by atoms with van der Waals surface area (Å²) >= 11 is 0.